The second kappa shape index (κ2) is 4.65. The second-order valence-electron chi connectivity index (χ2n) is 4.41. The van der Waals surface area contributed by atoms with Gasteiger partial charge in [0.1, 0.15) is 5.75 Å². The fourth-order valence-electron chi connectivity index (χ4n) is 1.97. The van der Waals surface area contributed by atoms with Gasteiger partial charge in [0.05, 0.1) is 11.9 Å². The maximum absolute atomic E-state index is 10.1. The van der Waals surface area contributed by atoms with Crippen molar-refractivity contribution in [1.82, 2.24) is 20.0 Å². The standard InChI is InChI=1S/C14H12N4O2/c1-18-8-10(7-15-18)9-2-3-11(13(19)6-9)12-4-5-14(20)17-16-12/h2-8,19H,1H3,(H,17,20). The zero-order valence-corrected chi connectivity index (χ0v) is 10.7. The molecule has 3 aromatic rings. The lowest BCUT2D eigenvalue weighted by Crippen LogP contribution is -1.88. The maximum Gasteiger partial charge on any atom is 0.230 e. The Hall–Kier alpha value is -2.89. The first-order chi connectivity index (χ1) is 9.63. The molecule has 1 aromatic carbocycles. The van der Waals surface area contributed by atoms with E-state index in [-0.39, 0.29) is 11.6 Å². The molecule has 0 saturated carbocycles. The van der Waals surface area contributed by atoms with E-state index in [9.17, 15) is 5.11 Å². The van der Waals surface area contributed by atoms with Crippen LogP contribution in [0.4, 0.5) is 0 Å². The minimum atomic E-state index is -0.153. The molecule has 0 fully saturated rings. The van der Waals surface area contributed by atoms with E-state index in [0.29, 0.717) is 11.3 Å². The van der Waals surface area contributed by atoms with E-state index in [2.05, 4.69) is 15.3 Å². The van der Waals surface area contributed by atoms with Gasteiger partial charge in [-0.2, -0.15) is 5.10 Å². The van der Waals surface area contributed by atoms with Crippen molar-refractivity contribution in [2.75, 3.05) is 0 Å². The third-order valence-electron chi connectivity index (χ3n) is 2.96. The van der Waals surface area contributed by atoms with Crippen LogP contribution in [-0.2, 0) is 7.05 Å². The second-order valence-corrected chi connectivity index (χ2v) is 4.41. The van der Waals surface area contributed by atoms with Crippen LogP contribution >= 0.6 is 0 Å². The zero-order valence-electron chi connectivity index (χ0n) is 10.7. The van der Waals surface area contributed by atoms with Gasteiger partial charge < -0.3 is 10.2 Å². The normalized spacial score (nSPS) is 10.7. The molecule has 20 heavy (non-hydrogen) atoms. The summed E-state index contributed by atoms with van der Waals surface area (Å²) < 4.78 is 1.70. The molecule has 0 amide bonds. The van der Waals surface area contributed by atoms with Gasteiger partial charge in [-0.15, -0.1) is 10.2 Å². The molecule has 0 spiro atoms. The average molecular weight is 268 g/mol. The van der Waals surface area contributed by atoms with Crippen LogP contribution < -0.4 is 0 Å². The van der Waals surface area contributed by atoms with Gasteiger partial charge in [-0.25, -0.2) is 0 Å². The Morgan fingerprint density at radius 2 is 1.85 bits per heavy atom. The fourth-order valence-corrected chi connectivity index (χ4v) is 1.97. The molecule has 0 atom stereocenters. The summed E-state index contributed by atoms with van der Waals surface area (Å²) in [7, 11) is 1.84. The molecule has 0 unspecified atom stereocenters. The molecule has 0 radical (unpaired) electrons. The molecule has 0 aliphatic rings. The van der Waals surface area contributed by atoms with E-state index in [1.54, 1.807) is 29.1 Å². The van der Waals surface area contributed by atoms with E-state index < -0.39 is 0 Å². The van der Waals surface area contributed by atoms with Gasteiger partial charge in [-0.05, 0) is 23.8 Å². The van der Waals surface area contributed by atoms with E-state index in [0.717, 1.165) is 11.1 Å². The van der Waals surface area contributed by atoms with Gasteiger partial charge in [0.15, 0.2) is 0 Å². The summed E-state index contributed by atoms with van der Waals surface area (Å²) in [6, 6.07) is 8.32. The van der Waals surface area contributed by atoms with E-state index in [4.69, 9.17) is 5.11 Å². The molecule has 0 aliphatic heterocycles. The van der Waals surface area contributed by atoms with Crippen LogP contribution in [0.1, 0.15) is 0 Å². The van der Waals surface area contributed by atoms with Crippen LogP contribution in [0.5, 0.6) is 11.6 Å². The minimum Gasteiger partial charge on any atom is -0.507 e. The minimum absolute atomic E-state index is 0.103. The van der Waals surface area contributed by atoms with Crippen molar-refractivity contribution < 1.29 is 10.2 Å². The molecule has 100 valence electrons. The van der Waals surface area contributed by atoms with Crippen molar-refractivity contribution in [2.24, 2.45) is 7.05 Å². The quantitative estimate of drug-likeness (QED) is 0.742. The molecule has 0 aliphatic carbocycles. The highest BCUT2D eigenvalue weighted by atomic mass is 16.3. The lowest BCUT2D eigenvalue weighted by molar-refractivity contribution is 0.445. The third-order valence-corrected chi connectivity index (χ3v) is 2.96. The molecule has 6 heteroatoms. The van der Waals surface area contributed by atoms with Crippen molar-refractivity contribution in [2.45, 2.75) is 0 Å². The van der Waals surface area contributed by atoms with Crippen LogP contribution in [0.15, 0.2) is 42.7 Å². The lowest BCUT2D eigenvalue weighted by Gasteiger charge is -2.05. The van der Waals surface area contributed by atoms with Crippen LogP contribution in [-0.4, -0.2) is 30.2 Å². The van der Waals surface area contributed by atoms with E-state index in [1.807, 2.05) is 19.3 Å². The van der Waals surface area contributed by atoms with E-state index >= 15 is 0 Å². The number of nitrogens with zero attached hydrogens (tertiary/aromatic N) is 4. The van der Waals surface area contributed by atoms with Crippen molar-refractivity contribution in [1.29, 1.82) is 0 Å². The van der Waals surface area contributed by atoms with Gasteiger partial charge in [0.2, 0.25) is 5.88 Å². The Kier molecular flexibility index (Phi) is 2.83. The lowest BCUT2D eigenvalue weighted by atomic mass is 10.0. The SMILES string of the molecule is Cn1cc(-c2ccc(-c3ccc(O)nn3)c(O)c2)cn1. The number of phenols is 1. The average Bonchev–Trinajstić information content (AvgIpc) is 2.87. The first-order valence-corrected chi connectivity index (χ1v) is 5.98. The highest BCUT2D eigenvalue weighted by molar-refractivity contribution is 5.73. The maximum atomic E-state index is 10.1. The number of aromatic hydroxyl groups is 2. The molecule has 2 aromatic heterocycles. The zero-order chi connectivity index (χ0) is 14.1. The monoisotopic (exact) mass is 268 g/mol. The number of benzene rings is 1. The van der Waals surface area contributed by atoms with Gasteiger partial charge in [-0.3, -0.25) is 4.68 Å². The molecule has 6 nitrogen and oxygen atoms in total. The first-order valence-electron chi connectivity index (χ1n) is 5.98. The fraction of sp³-hybridized carbons (Fsp3) is 0.0714. The Labute approximate surface area is 115 Å². The summed E-state index contributed by atoms with van der Waals surface area (Å²) in [5, 5.41) is 30.7. The third kappa shape index (κ3) is 2.18. The number of aryl methyl sites for hydroxylation is 1. The molecule has 3 rings (SSSR count). The summed E-state index contributed by atoms with van der Waals surface area (Å²) in [4.78, 5) is 0. The van der Waals surface area contributed by atoms with Crippen LogP contribution in [0.3, 0.4) is 0 Å². The summed E-state index contributed by atoms with van der Waals surface area (Å²) in [6.07, 6.45) is 3.60. The summed E-state index contributed by atoms with van der Waals surface area (Å²) in [6.45, 7) is 0. The molecular weight excluding hydrogens is 256 g/mol. The highest BCUT2D eigenvalue weighted by Gasteiger charge is 2.09. The predicted octanol–water partition coefficient (Wildman–Crippen LogP) is 1.96. The van der Waals surface area contributed by atoms with Crippen LogP contribution in [0.2, 0.25) is 0 Å². The number of aromatic nitrogens is 4. The number of hydrogen-bond donors (Lipinski definition) is 2. The number of phenolic OH excluding ortho intramolecular Hbond substituents is 1. The molecule has 0 saturated heterocycles. The predicted molar refractivity (Wildman–Crippen MR) is 73.0 cm³/mol. The van der Waals surface area contributed by atoms with Crippen LogP contribution in [0.25, 0.3) is 22.4 Å². The number of hydrogen-bond acceptors (Lipinski definition) is 5. The smallest absolute Gasteiger partial charge is 0.230 e. The van der Waals surface area contributed by atoms with Gasteiger partial charge in [-0.1, -0.05) is 6.07 Å². The van der Waals surface area contributed by atoms with Gasteiger partial charge in [0, 0.05) is 30.4 Å². The van der Waals surface area contributed by atoms with Gasteiger partial charge >= 0.3 is 0 Å². The first kappa shape index (κ1) is 12.2. The van der Waals surface area contributed by atoms with Crippen molar-refractivity contribution in [3.8, 4) is 34.0 Å². The number of rotatable bonds is 2. The molecule has 0 bridgehead atoms. The summed E-state index contributed by atoms with van der Waals surface area (Å²) >= 11 is 0. The topological polar surface area (TPSA) is 84.1 Å². The van der Waals surface area contributed by atoms with Crippen molar-refractivity contribution >= 4 is 0 Å². The Morgan fingerprint density at radius 3 is 2.45 bits per heavy atom. The largest absolute Gasteiger partial charge is 0.507 e. The van der Waals surface area contributed by atoms with Gasteiger partial charge in [0.25, 0.3) is 0 Å². The molecular formula is C14H12N4O2. The van der Waals surface area contributed by atoms with Crippen molar-refractivity contribution in [3.63, 3.8) is 0 Å². The Bertz CT molecular complexity index is 750. The summed E-state index contributed by atoms with van der Waals surface area (Å²) in [5.74, 6) is -0.0495. The summed E-state index contributed by atoms with van der Waals surface area (Å²) in [5.41, 5.74) is 2.85. The Morgan fingerprint density at radius 1 is 1.00 bits per heavy atom. The van der Waals surface area contributed by atoms with Crippen LogP contribution in [0, 0.1) is 0 Å². The molecule has 2 N–H and O–H groups in total. The Balaban J connectivity index is 2.01. The van der Waals surface area contributed by atoms with E-state index in [1.165, 1.54) is 6.07 Å². The molecule has 2 heterocycles. The highest BCUT2D eigenvalue weighted by Crippen LogP contribution is 2.32. The van der Waals surface area contributed by atoms with Crippen molar-refractivity contribution in [3.05, 3.63) is 42.7 Å².